The van der Waals surface area contributed by atoms with Gasteiger partial charge in [-0.2, -0.15) is 0 Å². The average molecular weight is 460 g/mol. The first-order valence-corrected chi connectivity index (χ1v) is 11.5. The van der Waals surface area contributed by atoms with Crippen molar-refractivity contribution >= 4 is 33.6 Å². The molecule has 5 N–H and O–H groups in total. The molecule has 2 fully saturated rings. The summed E-state index contributed by atoms with van der Waals surface area (Å²) in [6, 6.07) is 9.77. The molecule has 1 unspecified atom stereocenters. The lowest BCUT2D eigenvalue weighted by Crippen LogP contribution is -2.47. The molecule has 5 heterocycles. The van der Waals surface area contributed by atoms with Gasteiger partial charge in [-0.3, -0.25) is 0 Å². The number of nitrogens with zero attached hydrogens (tertiary/aromatic N) is 4. The number of nitrogens with one attached hydrogen (secondary N) is 1. The second-order valence-corrected chi connectivity index (χ2v) is 9.32. The van der Waals surface area contributed by atoms with E-state index in [-0.39, 0.29) is 0 Å². The van der Waals surface area contributed by atoms with Crippen molar-refractivity contribution in [2.75, 3.05) is 17.6 Å². The van der Waals surface area contributed by atoms with Crippen molar-refractivity contribution in [3.63, 3.8) is 0 Å². The van der Waals surface area contributed by atoms with Gasteiger partial charge < -0.3 is 35.3 Å². The van der Waals surface area contributed by atoms with E-state index < -0.39 is 30.1 Å². The summed E-state index contributed by atoms with van der Waals surface area (Å²) in [5, 5.41) is 27.5. The highest BCUT2D eigenvalue weighted by atomic mass is 16.6. The molecule has 2 aliphatic heterocycles. The Bertz CT molecular complexity index is 1440. The molecule has 0 amide bonds. The van der Waals surface area contributed by atoms with E-state index in [1.807, 2.05) is 18.2 Å². The Kier molecular flexibility index (Phi) is 4.12. The Morgan fingerprint density at radius 1 is 1.24 bits per heavy atom. The minimum Gasteiger partial charge on any atom is -0.488 e. The standard InChI is InChI=1S/C24H24N6O4/c25-20-15-5-8-30(22(15)28-11-27-20)23-18(31)24(32)6-3-17(19(24)34-23)33-14-2-1-12-9-13-4-7-26-21(13)29-16(12)10-14/h1-2,5,8-11,17-19,23,31-32H,3-4,6-7H2,(H,26,29)(H2,25,27,28)/t17-,18?,19+,23+,24-/m0/s1. The molecule has 4 aromatic rings. The van der Waals surface area contributed by atoms with Crippen LogP contribution in [0.2, 0.25) is 0 Å². The monoisotopic (exact) mass is 460 g/mol. The maximum absolute atomic E-state index is 11.4. The normalized spacial score (nSPS) is 29.9. The fourth-order valence-electron chi connectivity index (χ4n) is 5.61. The van der Waals surface area contributed by atoms with Crippen LogP contribution in [-0.4, -0.2) is 60.2 Å². The third-order valence-corrected chi connectivity index (χ3v) is 7.38. The minimum atomic E-state index is -1.43. The number of fused-ring (bicyclic) bond motifs is 4. The first kappa shape index (κ1) is 20.0. The molecule has 0 radical (unpaired) electrons. The van der Waals surface area contributed by atoms with Gasteiger partial charge in [0.25, 0.3) is 0 Å². The van der Waals surface area contributed by atoms with Crippen LogP contribution in [0.3, 0.4) is 0 Å². The second kappa shape index (κ2) is 7.02. The number of hydrogen-bond acceptors (Lipinski definition) is 9. The van der Waals surface area contributed by atoms with Crippen LogP contribution in [0.5, 0.6) is 5.75 Å². The van der Waals surface area contributed by atoms with E-state index in [0.717, 1.165) is 29.7 Å². The van der Waals surface area contributed by atoms with Crippen molar-refractivity contribution in [3.8, 4) is 5.75 Å². The second-order valence-electron chi connectivity index (χ2n) is 9.32. The number of ether oxygens (including phenoxy) is 2. The molecular formula is C24H24N6O4. The van der Waals surface area contributed by atoms with Crippen molar-refractivity contribution in [2.24, 2.45) is 0 Å². The van der Waals surface area contributed by atoms with Gasteiger partial charge in [0.2, 0.25) is 0 Å². The summed E-state index contributed by atoms with van der Waals surface area (Å²) in [7, 11) is 0. The Morgan fingerprint density at radius 3 is 3.06 bits per heavy atom. The summed E-state index contributed by atoms with van der Waals surface area (Å²) in [5.74, 6) is 1.93. The highest BCUT2D eigenvalue weighted by molar-refractivity contribution is 5.86. The highest BCUT2D eigenvalue weighted by Gasteiger charge is 2.62. The van der Waals surface area contributed by atoms with Gasteiger partial charge in [0.1, 0.15) is 53.3 Å². The number of aromatic nitrogens is 4. The third-order valence-electron chi connectivity index (χ3n) is 7.38. The number of pyridine rings is 1. The SMILES string of the molecule is Nc1ncnc2c1ccn2[C@@H]1O[C@@H]2[C@@H](Oc3ccc4cc5c(nc4c3)NCC5)CC[C@]2(O)C1O. The highest BCUT2D eigenvalue weighted by Crippen LogP contribution is 2.48. The van der Waals surface area contributed by atoms with Gasteiger partial charge in [-0.05, 0) is 49.1 Å². The Labute approximate surface area is 194 Å². The lowest BCUT2D eigenvalue weighted by atomic mass is 9.94. The average Bonchev–Trinajstić information content (AvgIpc) is 3.58. The molecule has 1 saturated heterocycles. The van der Waals surface area contributed by atoms with Gasteiger partial charge >= 0.3 is 0 Å². The molecule has 34 heavy (non-hydrogen) atoms. The number of nitrogens with two attached hydrogens (primary N) is 1. The summed E-state index contributed by atoms with van der Waals surface area (Å²) < 4.78 is 14.2. The van der Waals surface area contributed by atoms with E-state index >= 15 is 0 Å². The Hall–Kier alpha value is -3.47. The van der Waals surface area contributed by atoms with Gasteiger partial charge in [0.05, 0.1) is 10.9 Å². The van der Waals surface area contributed by atoms with Crippen molar-refractivity contribution in [1.29, 1.82) is 0 Å². The zero-order valence-electron chi connectivity index (χ0n) is 18.3. The molecule has 7 rings (SSSR count). The minimum absolute atomic E-state index is 0.349. The lowest BCUT2D eigenvalue weighted by Gasteiger charge is -2.26. The number of aliphatic hydroxyl groups is 2. The fourth-order valence-corrected chi connectivity index (χ4v) is 5.61. The summed E-state index contributed by atoms with van der Waals surface area (Å²) in [6.45, 7) is 0.903. The molecule has 0 spiro atoms. The van der Waals surface area contributed by atoms with Crippen LogP contribution < -0.4 is 15.8 Å². The smallest absolute Gasteiger partial charge is 0.164 e. The number of rotatable bonds is 3. The molecule has 5 atom stereocenters. The predicted octanol–water partition coefficient (Wildman–Crippen LogP) is 1.76. The first-order chi connectivity index (χ1) is 16.5. The molecule has 174 valence electrons. The summed E-state index contributed by atoms with van der Waals surface area (Å²) in [6.07, 6.45) is 1.93. The number of hydrogen-bond donors (Lipinski definition) is 4. The van der Waals surface area contributed by atoms with Gasteiger partial charge in [-0.15, -0.1) is 0 Å². The van der Waals surface area contributed by atoms with Crippen LogP contribution in [0.1, 0.15) is 24.6 Å². The van der Waals surface area contributed by atoms with E-state index in [2.05, 4.69) is 21.4 Å². The number of benzene rings is 1. The van der Waals surface area contributed by atoms with Gasteiger partial charge in [-0.25, -0.2) is 15.0 Å². The summed E-state index contributed by atoms with van der Waals surface area (Å²) in [4.78, 5) is 13.0. The van der Waals surface area contributed by atoms with Crippen LogP contribution >= 0.6 is 0 Å². The summed E-state index contributed by atoms with van der Waals surface area (Å²) in [5.41, 5.74) is 7.14. The van der Waals surface area contributed by atoms with E-state index in [0.29, 0.717) is 35.4 Å². The van der Waals surface area contributed by atoms with Crippen LogP contribution in [-0.2, 0) is 11.2 Å². The molecule has 0 bridgehead atoms. The molecule has 10 nitrogen and oxygen atoms in total. The topological polar surface area (TPSA) is 141 Å². The van der Waals surface area contributed by atoms with Crippen molar-refractivity contribution in [3.05, 3.63) is 48.4 Å². The van der Waals surface area contributed by atoms with Gasteiger partial charge in [-0.1, -0.05) is 0 Å². The molecule has 1 aliphatic carbocycles. The number of anilines is 2. The molecule has 3 aliphatic rings. The quantitative estimate of drug-likeness (QED) is 0.360. The van der Waals surface area contributed by atoms with E-state index in [4.69, 9.17) is 20.2 Å². The zero-order chi connectivity index (χ0) is 23.0. The van der Waals surface area contributed by atoms with E-state index in [1.54, 1.807) is 16.8 Å². The Balaban J connectivity index is 1.18. The lowest BCUT2D eigenvalue weighted by molar-refractivity contribution is -0.0791. The first-order valence-electron chi connectivity index (χ1n) is 11.5. The van der Waals surface area contributed by atoms with E-state index in [1.165, 1.54) is 11.9 Å². The van der Waals surface area contributed by atoms with E-state index in [9.17, 15) is 10.2 Å². The largest absolute Gasteiger partial charge is 0.488 e. The van der Waals surface area contributed by atoms with Crippen LogP contribution in [0, 0.1) is 0 Å². The maximum Gasteiger partial charge on any atom is 0.164 e. The molecule has 1 aromatic carbocycles. The Morgan fingerprint density at radius 2 is 2.15 bits per heavy atom. The molecule has 3 aromatic heterocycles. The predicted molar refractivity (Wildman–Crippen MR) is 124 cm³/mol. The summed E-state index contributed by atoms with van der Waals surface area (Å²) >= 11 is 0. The van der Waals surface area contributed by atoms with Gasteiger partial charge in [0, 0.05) is 24.2 Å². The molecular weight excluding hydrogens is 436 g/mol. The molecule has 1 saturated carbocycles. The number of nitrogen functional groups attached to an aromatic ring is 1. The van der Waals surface area contributed by atoms with Crippen molar-refractivity contribution in [2.45, 2.75) is 49.4 Å². The zero-order valence-corrected chi connectivity index (χ0v) is 18.3. The van der Waals surface area contributed by atoms with Crippen molar-refractivity contribution < 1.29 is 19.7 Å². The van der Waals surface area contributed by atoms with Crippen LogP contribution in [0.15, 0.2) is 42.9 Å². The van der Waals surface area contributed by atoms with Crippen LogP contribution in [0.4, 0.5) is 11.6 Å². The third kappa shape index (κ3) is 2.76. The van der Waals surface area contributed by atoms with Crippen LogP contribution in [0.25, 0.3) is 21.9 Å². The number of aliphatic hydroxyl groups excluding tert-OH is 1. The van der Waals surface area contributed by atoms with Crippen molar-refractivity contribution in [1.82, 2.24) is 19.5 Å². The molecule has 10 heteroatoms. The maximum atomic E-state index is 11.4. The fraction of sp³-hybridized carbons (Fsp3) is 0.375. The van der Waals surface area contributed by atoms with Gasteiger partial charge in [0.15, 0.2) is 6.23 Å².